The number of benzene rings is 1. The summed E-state index contributed by atoms with van der Waals surface area (Å²) >= 11 is 1.58. The first-order valence-corrected chi connectivity index (χ1v) is 6.81. The Morgan fingerprint density at radius 2 is 2.05 bits per heavy atom. The van der Waals surface area contributed by atoms with Crippen LogP contribution in [0.4, 0.5) is 0 Å². The number of hydrogen-bond donors (Lipinski definition) is 1. The van der Waals surface area contributed by atoms with Crippen LogP contribution in [0.2, 0.25) is 0 Å². The van der Waals surface area contributed by atoms with Gasteiger partial charge in [-0.3, -0.25) is 0 Å². The highest BCUT2D eigenvalue weighted by Gasteiger charge is 2.09. The predicted octanol–water partition coefficient (Wildman–Crippen LogP) is 2.39. The molecule has 0 aliphatic carbocycles. The van der Waals surface area contributed by atoms with Crippen molar-refractivity contribution in [2.45, 2.75) is 6.42 Å². The minimum atomic E-state index is 0. The van der Waals surface area contributed by atoms with E-state index in [-0.39, 0.29) is 12.4 Å². The van der Waals surface area contributed by atoms with Gasteiger partial charge >= 0.3 is 0 Å². The van der Waals surface area contributed by atoms with Gasteiger partial charge in [-0.05, 0) is 30.8 Å². The smallest absolute Gasteiger partial charge is 0.212 e. The summed E-state index contributed by atoms with van der Waals surface area (Å²) in [6.07, 6.45) is 2.74. The van der Waals surface area contributed by atoms with Crippen molar-refractivity contribution in [3.8, 4) is 17.0 Å². The molecule has 20 heavy (non-hydrogen) atoms. The molecule has 3 rings (SSSR count). The zero-order valence-electron chi connectivity index (χ0n) is 10.9. The van der Waals surface area contributed by atoms with E-state index in [0.29, 0.717) is 6.54 Å². The zero-order valence-corrected chi connectivity index (χ0v) is 12.6. The summed E-state index contributed by atoms with van der Waals surface area (Å²) in [6.45, 7) is 0.613. The molecule has 0 aliphatic rings. The Kier molecular flexibility index (Phi) is 4.59. The molecule has 0 saturated carbocycles. The first kappa shape index (κ1) is 14.8. The van der Waals surface area contributed by atoms with Crippen LogP contribution in [0.5, 0.6) is 5.75 Å². The zero-order chi connectivity index (χ0) is 13.2. The predicted molar refractivity (Wildman–Crippen MR) is 82.9 cm³/mol. The lowest BCUT2D eigenvalue weighted by Crippen LogP contribution is -2.02. The number of nitrogens with two attached hydrogens (primary N) is 1. The average molecular weight is 311 g/mol. The molecular formula is C13H15ClN4OS. The molecule has 0 amide bonds. The molecular weight excluding hydrogens is 296 g/mol. The molecule has 106 valence electrons. The van der Waals surface area contributed by atoms with Gasteiger partial charge in [0.2, 0.25) is 4.96 Å². The fourth-order valence-electron chi connectivity index (χ4n) is 1.87. The van der Waals surface area contributed by atoms with Crippen LogP contribution >= 0.6 is 23.7 Å². The number of nitrogens with zero attached hydrogens (tertiary/aromatic N) is 3. The van der Waals surface area contributed by atoms with Gasteiger partial charge in [0.1, 0.15) is 10.8 Å². The van der Waals surface area contributed by atoms with Gasteiger partial charge in [-0.25, -0.2) is 9.50 Å². The van der Waals surface area contributed by atoms with Crippen molar-refractivity contribution in [1.29, 1.82) is 0 Å². The minimum Gasteiger partial charge on any atom is -0.497 e. The van der Waals surface area contributed by atoms with Crippen LogP contribution in [0.3, 0.4) is 0 Å². The molecule has 2 N–H and O–H groups in total. The number of hydrogen-bond acceptors (Lipinski definition) is 5. The standard InChI is InChI=1S/C13H14N4OS.ClH/c1-18-10-4-2-9(3-5-10)11-8-17-13(15-11)19-12(16-17)6-7-14;/h2-5,8H,6-7,14H2,1H3;1H. The SMILES string of the molecule is COc1ccc(-c2cn3nc(CCN)sc3n2)cc1.Cl. The Labute approximate surface area is 126 Å². The summed E-state index contributed by atoms with van der Waals surface area (Å²) in [4.78, 5) is 5.48. The number of imidazole rings is 1. The lowest BCUT2D eigenvalue weighted by Gasteiger charge is -2.00. The van der Waals surface area contributed by atoms with Crippen molar-refractivity contribution in [3.05, 3.63) is 35.5 Å². The number of methoxy groups -OCH3 is 1. The highest BCUT2D eigenvalue weighted by atomic mass is 35.5. The highest BCUT2D eigenvalue weighted by molar-refractivity contribution is 7.16. The maximum Gasteiger partial charge on any atom is 0.212 e. The van der Waals surface area contributed by atoms with E-state index in [4.69, 9.17) is 10.5 Å². The molecule has 5 nitrogen and oxygen atoms in total. The van der Waals surface area contributed by atoms with E-state index in [1.54, 1.807) is 18.4 Å². The number of rotatable bonds is 4. The van der Waals surface area contributed by atoms with E-state index in [0.717, 1.165) is 33.4 Å². The van der Waals surface area contributed by atoms with Gasteiger partial charge in [-0.2, -0.15) is 5.10 Å². The Morgan fingerprint density at radius 3 is 2.65 bits per heavy atom. The summed E-state index contributed by atoms with van der Waals surface area (Å²) in [5, 5.41) is 5.47. The average Bonchev–Trinajstić information content (AvgIpc) is 2.97. The third-order valence-corrected chi connectivity index (χ3v) is 3.81. The largest absolute Gasteiger partial charge is 0.497 e. The molecule has 0 aliphatic heterocycles. The van der Waals surface area contributed by atoms with Crippen LogP contribution in [0.15, 0.2) is 30.5 Å². The monoisotopic (exact) mass is 310 g/mol. The van der Waals surface area contributed by atoms with Crippen LogP contribution in [0.25, 0.3) is 16.2 Å². The van der Waals surface area contributed by atoms with Crippen LogP contribution in [-0.2, 0) is 6.42 Å². The van der Waals surface area contributed by atoms with E-state index >= 15 is 0 Å². The summed E-state index contributed by atoms with van der Waals surface area (Å²) in [5.41, 5.74) is 7.50. The molecule has 1 aromatic carbocycles. The van der Waals surface area contributed by atoms with Crippen molar-refractivity contribution in [2.24, 2.45) is 5.73 Å². The van der Waals surface area contributed by atoms with Gasteiger partial charge in [-0.1, -0.05) is 11.3 Å². The second kappa shape index (κ2) is 6.21. The molecule has 0 fully saturated rings. The maximum absolute atomic E-state index is 5.52. The highest BCUT2D eigenvalue weighted by Crippen LogP contribution is 2.24. The summed E-state index contributed by atoms with van der Waals surface area (Å²) in [6, 6.07) is 7.84. The quantitative estimate of drug-likeness (QED) is 0.803. The van der Waals surface area contributed by atoms with E-state index in [9.17, 15) is 0 Å². The molecule has 7 heteroatoms. The van der Waals surface area contributed by atoms with Crippen molar-refractivity contribution in [3.63, 3.8) is 0 Å². The lowest BCUT2D eigenvalue weighted by molar-refractivity contribution is 0.415. The molecule has 2 heterocycles. The van der Waals surface area contributed by atoms with Gasteiger partial charge in [0.15, 0.2) is 0 Å². The Hall–Kier alpha value is -1.63. The van der Waals surface area contributed by atoms with Crippen molar-refractivity contribution >= 4 is 28.7 Å². The number of fused-ring (bicyclic) bond motifs is 1. The van der Waals surface area contributed by atoms with Crippen molar-refractivity contribution in [1.82, 2.24) is 14.6 Å². The number of aromatic nitrogens is 3. The molecule has 0 unspecified atom stereocenters. The van der Waals surface area contributed by atoms with Crippen molar-refractivity contribution in [2.75, 3.05) is 13.7 Å². The Bertz CT molecular complexity index is 661. The molecule has 2 aromatic heterocycles. The molecule has 0 radical (unpaired) electrons. The Balaban J connectivity index is 0.00000147. The van der Waals surface area contributed by atoms with Gasteiger partial charge < -0.3 is 10.5 Å². The minimum absolute atomic E-state index is 0. The maximum atomic E-state index is 5.52. The second-order valence-corrected chi connectivity index (χ2v) is 5.16. The second-order valence-electron chi connectivity index (χ2n) is 4.12. The van der Waals surface area contributed by atoms with Gasteiger partial charge in [-0.15, -0.1) is 12.4 Å². The Morgan fingerprint density at radius 1 is 1.30 bits per heavy atom. The van der Waals surface area contributed by atoms with Crippen LogP contribution in [0.1, 0.15) is 5.01 Å². The third kappa shape index (κ3) is 2.77. The molecule has 0 atom stereocenters. The molecule has 0 saturated heterocycles. The van der Waals surface area contributed by atoms with Gasteiger partial charge in [0.25, 0.3) is 0 Å². The first-order chi connectivity index (χ1) is 9.30. The van der Waals surface area contributed by atoms with E-state index < -0.39 is 0 Å². The summed E-state index contributed by atoms with van der Waals surface area (Å²) < 4.78 is 6.96. The fraction of sp³-hybridized carbons (Fsp3) is 0.231. The topological polar surface area (TPSA) is 65.4 Å². The van der Waals surface area contributed by atoms with Crippen LogP contribution in [-0.4, -0.2) is 28.3 Å². The summed E-state index contributed by atoms with van der Waals surface area (Å²) in [7, 11) is 1.66. The van der Waals surface area contributed by atoms with E-state index in [2.05, 4.69) is 10.1 Å². The number of ether oxygens (including phenoxy) is 1. The lowest BCUT2D eigenvalue weighted by atomic mass is 10.2. The normalized spacial score (nSPS) is 10.5. The number of halogens is 1. The van der Waals surface area contributed by atoms with Crippen LogP contribution in [0, 0.1) is 0 Å². The molecule has 0 spiro atoms. The molecule has 0 bridgehead atoms. The first-order valence-electron chi connectivity index (χ1n) is 6.00. The van der Waals surface area contributed by atoms with Crippen molar-refractivity contribution < 1.29 is 4.74 Å². The molecule has 3 aromatic rings. The van der Waals surface area contributed by atoms with Crippen LogP contribution < -0.4 is 10.5 Å². The third-order valence-electron chi connectivity index (χ3n) is 2.83. The van der Waals surface area contributed by atoms with Gasteiger partial charge in [0.05, 0.1) is 19.0 Å². The van der Waals surface area contributed by atoms with Gasteiger partial charge in [0, 0.05) is 12.0 Å². The summed E-state index contributed by atoms with van der Waals surface area (Å²) in [5.74, 6) is 0.841. The van der Waals surface area contributed by atoms with E-state index in [1.807, 2.05) is 35.0 Å². The fourth-order valence-corrected chi connectivity index (χ4v) is 2.76. The van der Waals surface area contributed by atoms with E-state index in [1.165, 1.54) is 0 Å².